The van der Waals surface area contributed by atoms with E-state index >= 15 is 0 Å². The second-order valence-corrected chi connectivity index (χ2v) is 5.90. The fraction of sp³-hybridized carbons (Fsp3) is 0.600. The zero-order valence-electron chi connectivity index (χ0n) is 11.5. The van der Waals surface area contributed by atoms with E-state index in [4.69, 9.17) is 0 Å². The van der Waals surface area contributed by atoms with Crippen LogP contribution < -0.4 is 0 Å². The first-order valence-corrected chi connectivity index (χ1v) is 7.52. The van der Waals surface area contributed by atoms with Gasteiger partial charge in [0.25, 0.3) is 0 Å². The summed E-state index contributed by atoms with van der Waals surface area (Å²) in [7, 11) is 0. The molecule has 0 aromatic heterocycles. The molecule has 17 heavy (non-hydrogen) atoms. The van der Waals surface area contributed by atoms with Crippen LogP contribution in [0.2, 0.25) is 0 Å². The number of nitrogens with zero attached hydrogens (tertiary/aromatic N) is 1. The number of alkyl halides is 1. The average Bonchev–Trinajstić information content (AvgIpc) is 2.22. The van der Waals surface area contributed by atoms with Crippen molar-refractivity contribution in [1.82, 2.24) is 4.90 Å². The molecule has 1 aromatic carbocycles. The van der Waals surface area contributed by atoms with Crippen LogP contribution in [0.1, 0.15) is 37.0 Å². The van der Waals surface area contributed by atoms with Gasteiger partial charge in [-0.05, 0) is 46.2 Å². The Morgan fingerprint density at radius 2 is 1.71 bits per heavy atom. The van der Waals surface area contributed by atoms with E-state index < -0.39 is 0 Å². The maximum atomic E-state index is 3.51. The smallest absolute Gasteiger partial charge is 0.0236 e. The van der Waals surface area contributed by atoms with Gasteiger partial charge in [0.1, 0.15) is 0 Å². The van der Waals surface area contributed by atoms with E-state index in [1.165, 1.54) is 23.1 Å². The largest absolute Gasteiger partial charge is 0.297 e. The highest BCUT2D eigenvalue weighted by molar-refractivity contribution is 9.09. The minimum atomic E-state index is 0.606. The third-order valence-corrected chi connectivity index (χ3v) is 3.54. The van der Waals surface area contributed by atoms with Crippen molar-refractivity contribution in [2.75, 3.05) is 11.9 Å². The first-order chi connectivity index (χ1) is 8.02. The monoisotopic (exact) mass is 297 g/mol. The Labute approximate surface area is 114 Å². The molecule has 1 aromatic rings. The molecule has 0 aliphatic heterocycles. The molecule has 0 aliphatic rings. The maximum absolute atomic E-state index is 3.51. The Bertz CT molecular complexity index is 327. The van der Waals surface area contributed by atoms with Crippen molar-refractivity contribution in [3.63, 3.8) is 0 Å². The van der Waals surface area contributed by atoms with Crippen molar-refractivity contribution in [3.8, 4) is 0 Å². The summed E-state index contributed by atoms with van der Waals surface area (Å²) in [5.74, 6) is 0. The summed E-state index contributed by atoms with van der Waals surface area (Å²) in [5.41, 5.74) is 4.17. The molecule has 0 unspecified atom stereocenters. The van der Waals surface area contributed by atoms with Crippen LogP contribution in [0.4, 0.5) is 0 Å². The lowest BCUT2D eigenvalue weighted by molar-refractivity contribution is 0.214. The average molecular weight is 298 g/mol. The number of aryl methyl sites for hydroxylation is 2. The van der Waals surface area contributed by atoms with Crippen molar-refractivity contribution in [1.29, 1.82) is 0 Å². The minimum Gasteiger partial charge on any atom is -0.297 e. The standard InChI is InChI=1S/C15H24BrN/c1-12(2)17(7-5-6-16)11-15-9-13(3)8-14(4)10-15/h8-10,12H,5-7,11H2,1-4H3. The van der Waals surface area contributed by atoms with Gasteiger partial charge in [-0.15, -0.1) is 0 Å². The van der Waals surface area contributed by atoms with Gasteiger partial charge in [-0.25, -0.2) is 0 Å². The van der Waals surface area contributed by atoms with Gasteiger partial charge in [0.05, 0.1) is 0 Å². The lowest BCUT2D eigenvalue weighted by atomic mass is 10.1. The lowest BCUT2D eigenvalue weighted by Crippen LogP contribution is -2.31. The minimum absolute atomic E-state index is 0.606. The van der Waals surface area contributed by atoms with Crippen LogP contribution in [-0.2, 0) is 6.54 Å². The maximum Gasteiger partial charge on any atom is 0.0236 e. The van der Waals surface area contributed by atoms with Gasteiger partial charge >= 0.3 is 0 Å². The summed E-state index contributed by atoms with van der Waals surface area (Å²) < 4.78 is 0. The van der Waals surface area contributed by atoms with Gasteiger partial charge in [0, 0.05) is 17.9 Å². The van der Waals surface area contributed by atoms with Crippen molar-refractivity contribution in [2.24, 2.45) is 0 Å². The Balaban J connectivity index is 2.71. The van der Waals surface area contributed by atoms with Crippen LogP contribution in [0.25, 0.3) is 0 Å². The van der Waals surface area contributed by atoms with Gasteiger partial charge in [0.15, 0.2) is 0 Å². The molecule has 2 heteroatoms. The van der Waals surface area contributed by atoms with Crippen LogP contribution in [0.15, 0.2) is 18.2 Å². The van der Waals surface area contributed by atoms with Crippen molar-refractivity contribution < 1.29 is 0 Å². The van der Waals surface area contributed by atoms with Gasteiger partial charge in [-0.1, -0.05) is 45.3 Å². The zero-order valence-corrected chi connectivity index (χ0v) is 13.0. The zero-order chi connectivity index (χ0) is 12.8. The molecule has 0 N–H and O–H groups in total. The molecule has 0 heterocycles. The molecule has 0 aliphatic carbocycles. The summed E-state index contributed by atoms with van der Waals surface area (Å²) in [4.78, 5) is 2.54. The first kappa shape index (κ1) is 14.7. The molecule has 96 valence electrons. The van der Waals surface area contributed by atoms with Crippen LogP contribution in [0, 0.1) is 13.8 Å². The summed E-state index contributed by atoms with van der Waals surface area (Å²) in [6.07, 6.45) is 1.21. The van der Waals surface area contributed by atoms with Gasteiger partial charge in [-0.2, -0.15) is 0 Å². The predicted octanol–water partition coefficient (Wildman–Crippen LogP) is 4.30. The lowest BCUT2D eigenvalue weighted by Gasteiger charge is -2.26. The fourth-order valence-electron chi connectivity index (χ4n) is 2.18. The Hall–Kier alpha value is -0.340. The van der Waals surface area contributed by atoms with E-state index in [0.717, 1.165) is 18.4 Å². The van der Waals surface area contributed by atoms with Crippen LogP contribution in [-0.4, -0.2) is 22.8 Å². The quantitative estimate of drug-likeness (QED) is 0.708. The molecule has 0 radical (unpaired) electrons. The van der Waals surface area contributed by atoms with Gasteiger partial charge < -0.3 is 0 Å². The number of benzene rings is 1. The molecule has 1 nitrogen and oxygen atoms in total. The second kappa shape index (κ2) is 7.17. The summed E-state index contributed by atoms with van der Waals surface area (Å²) in [6.45, 7) is 11.1. The molecule has 0 fully saturated rings. The third kappa shape index (κ3) is 5.22. The summed E-state index contributed by atoms with van der Waals surface area (Å²) in [6, 6.07) is 7.45. The Morgan fingerprint density at radius 3 is 2.18 bits per heavy atom. The number of rotatable bonds is 6. The molecule has 1 rings (SSSR count). The second-order valence-electron chi connectivity index (χ2n) is 5.10. The highest BCUT2D eigenvalue weighted by Gasteiger charge is 2.09. The Morgan fingerprint density at radius 1 is 1.12 bits per heavy atom. The van der Waals surface area contributed by atoms with Crippen LogP contribution in [0.3, 0.4) is 0 Å². The fourth-order valence-corrected chi connectivity index (χ4v) is 2.43. The molecule has 0 amide bonds. The van der Waals surface area contributed by atoms with Crippen molar-refractivity contribution >= 4 is 15.9 Å². The molecular weight excluding hydrogens is 274 g/mol. The Kier molecular flexibility index (Phi) is 6.21. The number of halogens is 1. The molecule has 0 bridgehead atoms. The van der Waals surface area contributed by atoms with E-state index in [-0.39, 0.29) is 0 Å². The summed E-state index contributed by atoms with van der Waals surface area (Å²) in [5, 5.41) is 1.09. The first-order valence-electron chi connectivity index (χ1n) is 6.40. The number of hydrogen-bond acceptors (Lipinski definition) is 1. The molecule has 0 saturated carbocycles. The topological polar surface area (TPSA) is 3.24 Å². The van der Waals surface area contributed by atoms with Crippen molar-refractivity contribution in [2.45, 2.75) is 46.7 Å². The van der Waals surface area contributed by atoms with Gasteiger partial charge in [-0.3, -0.25) is 4.90 Å². The van der Waals surface area contributed by atoms with Crippen LogP contribution >= 0.6 is 15.9 Å². The summed E-state index contributed by atoms with van der Waals surface area (Å²) >= 11 is 3.51. The highest BCUT2D eigenvalue weighted by Crippen LogP contribution is 2.13. The van der Waals surface area contributed by atoms with Crippen molar-refractivity contribution in [3.05, 3.63) is 34.9 Å². The van der Waals surface area contributed by atoms with E-state index in [9.17, 15) is 0 Å². The highest BCUT2D eigenvalue weighted by atomic mass is 79.9. The van der Waals surface area contributed by atoms with Gasteiger partial charge in [0.2, 0.25) is 0 Å². The molecule has 0 saturated heterocycles. The SMILES string of the molecule is Cc1cc(C)cc(CN(CCCBr)C(C)C)c1. The molecular formula is C15H24BrN. The normalized spacial score (nSPS) is 11.5. The molecule has 0 spiro atoms. The van der Waals surface area contributed by atoms with E-state index in [0.29, 0.717) is 6.04 Å². The molecule has 0 atom stereocenters. The van der Waals surface area contributed by atoms with E-state index in [1.807, 2.05) is 0 Å². The van der Waals surface area contributed by atoms with Crippen LogP contribution in [0.5, 0.6) is 0 Å². The van der Waals surface area contributed by atoms with E-state index in [2.05, 4.69) is 66.7 Å². The number of hydrogen-bond donors (Lipinski definition) is 0. The third-order valence-electron chi connectivity index (χ3n) is 2.98. The predicted molar refractivity (Wildman–Crippen MR) is 79.9 cm³/mol. The van der Waals surface area contributed by atoms with E-state index in [1.54, 1.807) is 0 Å².